The zero-order valence-corrected chi connectivity index (χ0v) is 21.4. The number of anilines is 1. The number of carbonyl (C=O) groups excluding carboxylic acids is 1. The molecule has 0 saturated heterocycles. The summed E-state index contributed by atoms with van der Waals surface area (Å²) in [6.45, 7) is 7.46. The van der Waals surface area contributed by atoms with Crippen LogP contribution in [0.25, 0.3) is 0 Å². The second kappa shape index (κ2) is 10.9. The Bertz CT molecular complexity index is 1280. The minimum atomic E-state index is -4.06. The molecule has 8 heteroatoms. The van der Waals surface area contributed by atoms with Gasteiger partial charge in [0.25, 0.3) is 10.0 Å². The molecule has 0 spiro atoms. The van der Waals surface area contributed by atoms with Crippen molar-refractivity contribution in [3.05, 3.63) is 89.2 Å². The quantitative estimate of drug-likeness (QED) is 0.432. The Labute approximate surface area is 206 Å². The van der Waals surface area contributed by atoms with E-state index in [2.05, 4.69) is 19.2 Å². The van der Waals surface area contributed by atoms with Gasteiger partial charge < -0.3 is 10.1 Å². The molecule has 3 aromatic carbocycles. The Morgan fingerprint density at radius 1 is 1.00 bits per heavy atom. The van der Waals surface area contributed by atoms with Gasteiger partial charge >= 0.3 is 0 Å². The average Bonchev–Trinajstić information content (AvgIpc) is 2.83. The molecule has 0 radical (unpaired) electrons. The molecule has 1 N–H and O–H groups in total. The molecule has 0 heterocycles. The fraction of sp³-hybridized carbons (Fsp3) is 0.296. The maximum atomic E-state index is 13.5. The Kier molecular flexibility index (Phi) is 8.17. The van der Waals surface area contributed by atoms with Gasteiger partial charge in [-0.25, -0.2) is 12.8 Å². The van der Waals surface area contributed by atoms with E-state index in [9.17, 15) is 17.6 Å². The van der Waals surface area contributed by atoms with E-state index in [-0.39, 0.29) is 22.5 Å². The SMILES string of the molecule is COc1cc(C)c([C@@H](C)NC(=O)CN(c2ccc(F)cc2)S(=O)(=O)c2ccccc2)cc1C(C)C. The number of amides is 1. The molecule has 0 aliphatic carbocycles. The fourth-order valence-corrected chi connectivity index (χ4v) is 5.39. The molecule has 3 aromatic rings. The number of rotatable bonds is 9. The lowest BCUT2D eigenvalue weighted by atomic mass is 9.93. The maximum Gasteiger partial charge on any atom is 0.264 e. The van der Waals surface area contributed by atoms with E-state index < -0.39 is 28.3 Å². The highest BCUT2D eigenvalue weighted by Crippen LogP contribution is 2.32. The van der Waals surface area contributed by atoms with E-state index in [0.29, 0.717) is 0 Å². The predicted molar refractivity (Wildman–Crippen MR) is 136 cm³/mol. The van der Waals surface area contributed by atoms with Crippen LogP contribution in [-0.4, -0.2) is 28.0 Å². The summed E-state index contributed by atoms with van der Waals surface area (Å²) >= 11 is 0. The lowest BCUT2D eigenvalue weighted by Crippen LogP contribution is -2.41. The van der Waals surface area contributed by atoms with Crippen LogP contribution in [0.15, 0.2) is 71.6 Å². The van der Waals surface area contributed by atoms with Gasteiger partial charge in [0, 0.05) is 0 Å². The van der Waals surface area contributed by atoms with Crippen molar-refractivity contribution in [2.24, 2.45) is 0 Å². The largest absolute Gasteiger partial charge is 0.496 e. The molecule has 0 bridgehead atoms. The first kappa shape index (κ1) is 26.2. The number of hydrogen-bond donors (Lipinski definition) is 1. The van der Waals surface area contributed by atoms with Crippen molar-refractivity contribution < 1.29 is 22.3 Å². The molecule has 0 aliphatic rings. The number of nitrogens with one attached hydrogen (secondary N) is 1. The monoisotopic (exact) mass is 498 g/mol. The minimum Gasteiger partial charge on any atom is -0.496 e. The molecule has 0 unspecified atom stereocenters. The Balaban J connectivity index is 1.90. The highest BCUT2D eigenvalue weighted by molar-refractivity contribution is 7.92. The number of hydrogen-bond acceptors (Lipinski definition) is 4. The van der Waals surface area contributed by atoms with Gasteiger partial charge in [-0.2, -0.15) is 0 Å². The zero-order chi connectivity index (χ0) is 25.8. The van der Waals surface area contributed by atoms with Gasteiger partial charge in [0.1, 0.15) is 18.1 Å². The average molecular weight is 499 g/mol. The Morgan fingerprint density at radius 2 is 1.63 bits per heavy atom. The summed E-state index contributed by atoms with van der Waals surface area (Å²) in [6, 6.07) is 16.4. The number of nitrogens with zero attached hydrogens (tertiary/aromatic N) is 1. The minimum absolute atomic E-state index is 0.0396. The van der Waals surface area contributed by atoms with Crippen LogP contribution in [0.5, 0.6) is 5.75 Å². The zero-order valence-electron chi connectivity index (χ0n) is 20.6. The number of aryl methyl sites for hydroxylation is 1. The van der Waals surface area contributed by atoms with E-state index in [4.69, 9.17) is 4.74 Å². The second-order valence-electron chi connectivity index (χ2n) is 8.70. The fourth-order valence-electron chi connectivity index (χ4n) is 3.95. The molecule has 1 amide bonds. The summed E-state index contributed by atoms with van der Waals surface area (Å²) in [5.41, 5.74) is 3.09. The topological polar surface area (TPSA) is 75.7 Å². The summed E-state index contributed by atoms with van der Waals surface area (Å²) in [5.74, 6) is 0.0240. The van der Waals surface area contributed by atoms with Crippen molar-refractivity contribution in [3.8, 4) is 5.75 Å². The van der Waals surface area contributed by atoms with Gasteiger partial charge in [0.05, 0.1) is 23.7 Å². The summed E-state index contributed by atoms with van der Waals surface area (Å²) in [5, 5.41) is 2.92. The molecule has 0 aromatic heterocycles. The maximum absolute atomic E-state index is 13.5. The van der Waals surface area contributed by atoms with Crippen LogP contribution in [0.3, 0.4) is 0 Å². The van der Waals surface area contributed by atoms with Crippen LogP contribution < -0.4 is 14.4 Å². The smallest absolute Gasteiger partial charge is 0.264 e. The summed E-state index contributed by atoms with van der Waals surface area (Å²) in [6.07, 6.45) is 0. The van der Waals surface area contributed by atoms with Crippen molar-refractivity contribution in [1.82, 2.24) is 5.32 Å². The van der Waals surface area contributed by atoms with Crippen molar-refractivity contribution in [2.45, 2.75) is 44.6 Å². The third kappa shape index (κ3) is 6.00. The molecule has 0 fully saturated rings. The molecular formula is C27H31FN2O4S. The third-order valence-electron chi connectivity index (χ3n) is 5.82. The van der Waals surface area contributed by atoms with Crippen molar-refractivity contribution >= 4 is 21.6 Å². The number of methoxy groups -OCH3 is 1. The first-order chi connectivity index (χ1) is 16.5. The molecule has 1 atom stereocenters. The normalized spacial score (nSPS) is 12.3. The van der Waals surface area contributed by atoms with Crippen LogP contribution in [0.1, 0.15) is 49.4 Å². The third-order valence-corrected chi connectivity index (χ3v) is 7.61. The molecule has 0 saturated carbocycles. The number of halogens is 1. The lowest BCUT2D eigenvalue weighted by molar-refractivity contribution is -0.120. The Hall–Kier alpha value is -3.39. The van der Waals surface area contributed by atoms with E-state index in [1.165, 1.54) is 24.3 Å². The van der Waals surface area contributed by atoms with E-state index >= 15 is 0 Å². The van der Waals surface area contributed by atoms with Gasteiger partial charge in [-0.1, -0.05) is 32.0 Å². The number of ether oxygens (including phenoxy) is 1. The van der Waals surface area contributed by atoms with Gasteiger partial charge in [-0.3, -0.25) is 9.10 Å². The molecule has 3 rings (SSSR count). The predicted octanol–water partition coefficient (Wildman–Crippen LogP) is 5.34. The van der Waals surface area contributed by atoms with Crippen LogP contribution in [-0.2, 0) is 14.8 Å². The molecule has 0 aliphatic heterocycles. The summed E-state index contributed by atoms with van der Waals surface area (Å²) in [7, 11) is -2.44. The van der Waals surface area contributed by atoms with Crippen LogP contribution in [0, 0.1) is 12.7 Å². The summed E-state index contributed by atoms with van der Waals surface area (Å²) in [4.78, 5) is 13.1. The van der Waals surface area contributed by atoms with Crippen molar-refractivity contribution in [3.63, 3.8) is 0 Å². The second-order valence-corrected chi connectivity index (χ2v) is 10.6. The van der Waals surface area contributed by atoms with Crippen LogP contribution in [0.2, 0.25) is 0 Å². The van der Waals surface area contributed by atoms with Gasteiger partial charge in [-0.15, -0.1) is 0 Å². The van der Waals surface area contributed by atoms with Gasteiger partial charge in [-0.05, 0) is 85.0 Å². The lowest BCUT2D eigenvalue weighted by Gasteiger charge is -2.26. The molecule has 35 heavy (non-hydrogen) atoms. The Morgan fingerprint density at radius 3 is 2.20 bits per heavy atom. The molecule has 186 valence electrons. The number of sulfonamides is 1. The van der Waals surface area contributed by atoms with E-state index in [1.54, 1.807) is 25.3 Å². The van der Waals surface area contributed by atoms with Crippen LogP contribution >= 0.6 is 0 Å². The number of benzene rings is 3. The highest BCUT2D eigenvalue weighted by atomic mass is 32.2. The van der Waals surface area contributed by atoms with Gasteiger partial charge in [0.2, 0.25) is 5.91 Å². The molecular weight excluding hydrogens is 467 g/mol. The first-order valence-corrected chi connectivity index (χ1v) is 12.8. The summed E-state index contributed by atoms with van der Waals surface area (Å²) < 4.78 is 46.8. The van der Waals surface area contributed by atoms with Crippen molar-refractivity contribution in [2.75, 3.05) is 18.0 Å². The molecule has 6 nitrogen and oxygen atoms in total. The van der Waals surface area contributed by atoms with E-state index in [1.807, 2.05) is 26.0 Å². The van der Waals surface area contributed by atoms with E-state index in [0.717, 1.165) is 38.9 Å². The van der Waals surface area contributed by atoms with Crippen LogP contribution in [0.4, 0.5) is 10.1 Å². The van der Waals surface area contributed by atoms with Crippen molar-refractivity contribution in [1.29, 1.82) is 0 Å². The number of carbonyl (C=O) groups is 1. The first-order valence-electron chi connectivity index (χ1n) is 11.4. The van der Waals surface area contributed by atoms with Gasteiger partial charge in [0.15, 0.2) is 0 Å². The standard InChI is InChI=1S/C27H31FN2O4S/c1-18(2)24-16-25(19(3)15-26(24)34-5)20(4)29-27(31)17-30(22-13-11-21(28)12-14-22)35(32,33)23-9-7-6-8-10-23/h6-16,18,20H,17H2,1-5H3,(H,29,31)/t20-/m1/s1. The highest BCUT2D eigenvalue weighted by Gasteiger charge is 2.28.